The molecular formula is C15H19ClN2O4. The number of methoxy groups -OCH3 is 1. The minimum atomic E-state index is -0.892. The maximum atomic E-state index is 12.3. The summed E-state index contributed by atoms with van der Waals surface area (Å²) in [6, 6.07) is 3.02. The maximum Gasteiger partial charge on any atom is 0.321 e. The Kier molecular flexibility index (Phi) is 4.51. The summed E-state index contributed by atoms with van der Waals surface area (Å²) in [6.45, 7) is 4.07. The molecule has 0 aromatic heterocycles. The lowest BCUT2D eigenvalue weighted by Crippen LogP contribution is -2.37. The maximum absolute atomic E-state index is 12.3. The highest BCUT2D eigenvalue weighted by Crippen LogP contribution is 2.33. The van der Waals surface area contributed by atoms with Gasteiger partial charge in [-0.1, -0.05) is 11.6 Å². The van der Waals surface area contributed by atoms with Crippen LogP contribution in [-0.2, 0) is 4.79 Å². The van der Waals surface area contributed by atoms with E-state index in [1.807, 2.05) is 6.92 Å². The number of nitrogens with zero attached hydrogens (tertiary/aromatic N) is 1. The summed E-state index contributed by atoms with van der Waals surface area (Å²) in [5, 5.41) is 12.5. The van der Waals surface area contributed by atoms with Gasteiger partial charge in [-0.25, -0.2) is 4.79 Å². The van der Waals surface area contributed by atoms with E-state index in [1.165, 1.54) is 12.0 Å². The Bertz CT molecular complexity index is 620. The first-order chi connectivity index (χ1) is 10.3. The van der Waals surface area contributed by atoms with Gasteiger partial charge in [-0.3, -0.25) is 4.79 Å². The molecule has 7 heteroatoms. The van der Waals surface area contributed by atoms with Crippen molar-refractivity contribution in [3.8, 4) is 5.75 Å². The molecule has 2 amide bonds. The van der Waals surface area contributed by atoms with Crippen LogP contribution in [0.5, 0.6) is 5.75 Å². The summed E-state index contributed by atoms with van der Waals surface area (Å²) in [7, 11) is 1.49. The van der Waals surface area contributed by atoms with Crippen LogP contribution in [0.1, 0.15) is 18.9 Å². The van der Waals surface area contributed by atoms with Gasteiger partial charge < -0.3 is 20.1 Å². The predicted molar refractivity (Wildman–Crippen MR) is 83.7 cm³/mol. The van der Waals surface area contributed by atoms with Gasteiger partial charge in [-0.2, -0.15) is 0 Å². The lowest BCUT2D eigenvalue weighted by atomic mass is 9.90. The Hall–Kier alpha value is -1.95. The molecule has 6 nitrogen and oxygen atoms in total. The van der Waals surface area contributed by atoms with Crippen LogP contribution in [0.4, 0.5) is 10.5 Å². The van der Waals surface area contributed by atoms with E-state index in [0.717, 1.165) is 5.56 Å². The third-order valence-electron chi connectivity index (χ3n) is 4.00. The van der Waals surface area contributed by atoms with Gasteiger partial charge in [0.05, 0.1) is 18.2 Å². The first-order valence-corrected chi connectivity index (χ1v) is 7.28. The Morgan fingerprint density at radius 2 is 2.14 bits per heavy atom. The van der Waals surface area contributed by atoms with Crippen LogP contribution in [-0.4, -0.2) is 42.2 Å². The fraction of sp³-hybridized carbons (Fsp3) is 0.467. The minimum Gasteiger partial charge on any atom is -0.495 e. The molecule has 1 aliphatic rings. The van der Waals surface area contributed by atoms with Crippen LogP contribution in [0.3, 0.4) is 0 Å². The molecule has 1 unspecified atom stereocenters. The minimum absolute atomic E-state index is 0.184. The van der Waals surface area contributed by atoms with Crippen molar-refractivity contribution in [2.24, 2.45) is 5.41 Å². The molecule has 120 valence electrons. The Labute approximate surface area is 134 Å². The van der Waals surface area contributed by atoms with Crippen molar-refractivity contribution in [2.75, 3.05) is 25.5 Å². The zero-order valence-corrected chi connectivity index (χ0v) is 13.5. The summed E-state index contributed by atoms with van der Waals surface area (Å²) in [5.74, 6) is -0.424. The van der Waals surface area contributed by atoms with Gasteiger partial charge in [-0.05, 0) is 31.9 Å². The SMILES string of the molecule is COc1cc(Cl)c(C)cc1NC(=O)N1CCC(C)(C(=O)O)C1. The van der Waals surface area contributed by atoms with Crippen molar-refractivity contribution in [3.63, 3.8) is 0 Å². The second-order valence-corrected chi connectivity index (χ2v) is 6.18. The number of aliphatic carboxylic acids is 1. The monoisotopic (exact) mass is 326 g/mol. The summed E-state index contributed by atoms with van der Waals surface area (Å²) in [5.41, 5.74) is 0.435. The number of benzene rings is 1. The highest BCUT2D eigenvalue weighted by Gasteiger charge is 2.42. The third-order valence-corrected chi connectivity index (χ3v) is 4.41. The number of carbonyl (C=O) groups is 2. The summed E-state index contributed by atoms with van der Waals surface area (Å²) in [6.07, 6.45) is 0.437. The van der Waals surface area contributed by atoms with Crippen molar-refractivity contribution in [1.82, 2.24) is 4.90 Å². The van der Waals surface area contributed by atoms with Crippen molar-refractivity contribution in [1.29, 1.82) is 0 Å². The van der Waals surface area contributed by atoms with E-state index in [9.17, 15) is 14.7 Å². The molecule has 0 radical (unpaired) electrons. The average Bonchev–Trinajstić information content (AvgIpc) is 2.86. The largest absolute Gasteiger partial charge is 0.495 e. The number of hydrogen-bond donors (Lipinski definition) is 2. The zero-order valence-electron chi connectivity index (χ0n) is 12.8. The molecule has 22 heavy (non-hydrogen) atoms. The summed E-state index contributed by atoms with van der Waals surface area (Å²) in [4.78, 5) is 25.1. The number of carboxylic acid groups (broad SMARTS) is 1. The number of urea groups is 1. The lowest BCUT2D eigenvalue weighted by molar-refractivity contribution is -0.146. The summed E-state index contributed by atoms with van der Waals surface area (Å²) < 4.78 is 5.21. The summed E-state index contributed by atoms with van der Waals surface area (Å²) >= 11 is 6.03. The van der Waals surface area contributed by atoms with Gasteiger partial charge in [0, 0.05) is 24.2 Å². The van der Waals surface area contributed by atoms with E-state index in [-0.39, 0.29) is 12.6 Å². The molecule has 1 aromatic rings. The second-order valence-electron chi connectivity index (χ2n) is 5.77. The van der Waals surface area contributed by atoms with Gasteiger partial charge in [0.25, 0.3) is 0 Å². The van der Waals surface area contributed by atoms with Crippen LogP contribution < -0.4 is 10.1 Å². The predicted octanol–water partition coefficient (Wildman–Crippen LogP) is 2.99. The molecule has 1 fully saturated rings. The number of ether oxygens (including phenoxy) is 1. The van der Waals surface area contributed by atoms with Crippen LogP contribution >= 0.6 is 11.6 Å². The van der Waals surface area contributed by atoms with E-state index in [0.29, 0.717) is 29.4 Å². The molecule has 0 saturated carbocycles. The highest BCUT2D eigenvalue weighted by atomic mass is 35.5. The molecule has 0 spiro atoms. The Morgan fingerprint density at radius 1 is 1.45 bits per heavy atom. The zero-order chi connectivity index (χ0) is 16.5. The molecule has 1 saturated heterocycles. The van der Waals surface area contributed by atoms with Crippen molar-refractivity contribution in [3.05, 3.63) is 22.7 Å². The van der Waals surface area contributed by atoms with Gasteiger partial charge >= 0.3 is 12.0 Å². The standard InChI is InChI=1S/C15H19ClN2O4/c1-9-6-11(12(22-3)7-10(9)16)17-14(21)18-5-4-15(2,8-18)13(19)20/h6-7H,4-5,8H2,1-3H3,(H,17,21)(H,19,20). The van der Waals surface area contributed by atoms with Crippen LogP contribution in [0.2, 0.25) is 5.02 Å². The fourth-order valence-electron chi connectivity index (χ4n) is 2.43. The number of amides is 2. The number of likely N-dealkylation sites (tertiary alicyclic amines) is 1. The molecule has 0 aliphatic carbocycles. The van der Waals surface area contributed by atoms with Crippen LogP contribution in [0, 0.1) is 12.3 Å². The number of hydrogen-bond acceptors (Lipinski definition) is 3. The number of nitrogens with one attached hydrogen (secondary N) is 1. The average molecular weight is 327 g/mol. The van der Waals surface area contributed by atoms with Gasteiger partial charge in [0.2, 0.25) is 0 Å². The van der Waals surface area contributed by atoms with E-state index < -0.39 is 11.4 Å². The van der Waals surface area contributed by atoms with E-state index >= 15 is 0 Å². The van der Waals surface area contributed by atoms with Gasteiger partial charge in [0.15, 0.2) is 0 Å². The van der Waals surface area contributed by atoms with Gasteiger partial charge in [0.1, 0.15) is 5.75 Å². The first kappa shape index (κ1) is 16.4. The number of carboxylic acids is 1. The normalized spacial score (nSPS) is 20.8. The lowest BCUT2D eigenvalue weighted by Gasteiger charge is -2.21. The fourth-order valence-corrected chi connectivity index (χ4v) is 2.59. The molecule has 1 atom stereocenters. The number of aryl methyl sites for hydroxylation is 1. The first-order valence-electron chi connectivity index (χ1n) is 6.90. The van der Waals surface area contributed by atoms with E-state index in [1.54, 1.807) is 19.1 Å². The van der Waals surface area contributed by atoms with Crippen molar-refractivity contribution >= 4 is 29.3 Å². The Morgan fingerprint density at radius 3 is 2.68 bits per heavy atom. The smallest absolute Gasteiger partial charge is 0.321 e. The molecule has 0 bridgehead atoms. The topological polar surface area (TPSA) is 78.9 Å². The van der Waals surface area contributed by atoms with Crippen LogP contribution in [0.25, 0.3) is 0 Å². The molecule has 2 N–H and O–H groups in total. The Balaban J connectivity index is 2.14. The number of carbonyl (C=O) groups excluding carboxylic acids is 1. The van der Waals surface area contributed by atoms with Crippen molar-refractivity contribution in [2.45, 2.75) is 20.3 Å². The van der Waals surface area contributed by atoms with E-state index in [4.69, 9.17) is 16.3 Å². The number of rotatable bonds is 3. The highest BCUT2D eigenvalue weighted by molar-refractivity contribution is 6.31. The molecule has 2 rings (SSSR count). The quantitative estimate of drug-likeness (QED) is 0.895. The molecular weight excluding hydrogens is 308 g/mol. The molecule has 1 aliphatic heterocycles. The number of halogens is 1. The van der Waals surface area contributed by atoms with Crippen LogP contribution in [0.15, 0.2) is 12.1 Å². The number of anilines is 1. The van der Waals surface area contributed by atoms with Crippen molar-refractivity contribution < 1.29 is 19.4 Å². The molecule has 1 heterocycles. The van der Waals surface area contributed by atoms with E-state index in [2.05, 4.69) is 5.32 Å². The van der Waals surface area contributed by atoms with Gasteiger partial charge in [-0.15, -0.1) is 0 Å². The third kappa shape index (κ3) is 3.11. The molecule has 1 aromatic carbocycles. The second kappa shape index (κ2) is 6.04.